The Labute approximate surface area is 145 Å². The molecule has 0 spiro atoms. The van der Waals surface area contributed by atoms with Crippen LogP contribution in [0.1, 0.15) is 42.9 Å². The van der Waals surface area contributed by atoms with Crippen molar-refractivity contribution in [3.05, 3.63) is 53.4 Å². The molecule has 0 aliphatic heterocycles. The second-order valence-corrected chi connectivity index (χ2v) is 6.54. The largest absolute Gasteiger partial charge is 0.338 e. The summed E-state index contributed by atoms with van der Waals surface area (Å²) in [5, 5.41) is 13.4. The number of hydrogen-bond donors (Lipinski definition) is 0. The Morgan fingerprint density at radius 1 is 1.17 bits per heavy atom. The van der Waals surface area contributed by atoms with Crippen molar-refractivity contribution in [2.24, 2.45) is 0 Å². The highest BCUT2D eigenvalue weighted by molar-refractivity contribution is 7.98. The van der Waals surface area contributed by atoms with Crippen molar-refractivity contribution in [2.45, 2.75) is 50.6 Å². The van der Waals surface area contributed by atoms with Crippen LogP contribution in [0, 0.1) is 6.92 Å². The van der Waals surface area contributed by atoms with Crippen molar-refractivity contribution in [3.8, 4) is 0 Å². The van der Waals surface area contributed by atoms with Crippen LogP contribution in [0.2, 0.25) is 0 Å². The maximum absolute atomic E-state index is 5.31. The number of aryl methyl sites for hydroxylation is 2. The van der Waals surface area contributed by atoms with E-state index in [-0.39, 0.29) is 0 Å². The molecule has 0 radical (unpaired) electrons. The van der Waals surface area contributed by atoms with Crippen molar-refractivity contribution in [2.75, 3.05) is 0 Å². The second-order valence-electron chi connectivity index (χ2n) is 5.60. The van der Waals surface area contributed by atoms with Gasteiger partial charge in [0.05, 0.1) is 12.3 Å². The van der Waals surface area contributed by atoms with Gasteiger partial charge in [0.2, 0.25) is 5.89 Å². The fourth-order valence-electron chi connectivity index (χ4n) is 2.33. The van der Waals surface area contributed by atoms with Gasteiger partial charge in [-0.05, 0) is 18.9 Å². The van der Waals surface area contributed by atoms with Gasteiger partial charge >= 0.3 is 0 Å². The van der Waals surface area contributed by atoms with E-state index in [0.717, 1.165) is 42.6 Å². The molecule has 7 heteroatoms. The average molecular weight is 343 g/mol. The van der Waals surface area contributed by atoms with E-state index in [1.54, 1.807) is 11.8 Å². The molecule has 2 heterocycles. The van der Waals surface area contributed by atoms with Crippen LogP contribution in [0.3, 0.4) is 0 Å². The molecule has 0 saturated heterocycles. The topological polar surface area (TPSA) is 69.6 Å². The Bertz CT molecular complexity index is 768. The Balaban J connectivity index is 1.64. The Morgan fingerprint density at radius 2 is 2.00 bits per heavy atom. The first-order chi connectivity index (χ1) is 11.8. The van der Waals surface area contributed by atoms with Crippen LogP contribution < -0.4 is 0 Å². The average Bonchev–Trinajstić information content (AvgIpc) is 3.20. The van der Waals surface area contributed by atoms with Crippen molar-refractivity contribution in [1.29, 1.82) is 0 Å². The molecule has 2 aromatic heterocycles. The first-order valence-electron chi connectivity index (χ1n) is 8.14. The number of rotatable bonds is 8. The first kappa shape index (κ1) is 16.7. The van der Waals surface area contributed by atoms with Crippen molar-refractivity contribution in [3.63, 3.8) is 0 Å². The summed E-state index contributed by atoms with van der Waals surface area (Å²) in [6, 6.07) is 10.3. The molecule has 0 atom stereocenters. The van der Waals surface area contributed by atoms with Crippen LogP contribution in [0.15, 0.2) is 40.0 Å². The summed E-state index contributed by atoms with van der Waals surface area (Å²) < 4.78 is 7.41. The van der Waals surface area contributed by atoms with Crippen LogP contribution in [0.5, 0.6) is 0 Å². The third-order valence-electron chi connectivity index (χ3n) is 3.67. The Kier molecular flexibility index (Phi) is 5.63. The van der Waals surface area contributed by atoms with Crippen LogP contribution in [0.25, 0.3) is 0 Å². The van der Waals surface area contributed by atoms with E-state index in [1.165, 1.54) is 5.56 Å². The lowest BCUT2D eigenvalue weighted by molar-refractivity contribution is 0.384. The predicted molar refractivity (Wildman–Crippen MR) is 92.8 cm³/mol. The Hall–Kier alpha value is -2.15. The van der Waals surface area contributed by atoms with Gasteiger partial charge in [-0.1, -0.05) is 60.6 Å². The summed E-state index contributed by atoms with van der Waals surface area (Å²) in [5.74, 6) is 2.93. The highest BCUT2D eigenvalue weighted by atomic mass is 32.2. The van der Waals surface area contributed by atoms with E-state index < -0.39 is 0 Å². The van der Waals surface area contributed by atoms with Crippen molar-refractivity contribution >= 4 is 11.8 Å². The minimum absolute atomic E-state index is 0.603. The molecule has 0 aliphatic carbocycles. The molecular weight excluding hydrogens is 322 g/mol. The highest BCUT2D eigenvalue weighted by Gasteiger charge is 2.13. The van der Waals surface area contributed by atoms with Crippen molar-refractivity contribution < 1.29 is 4.52 Å². The van der Waals surface area contributed by atoms with Crippen LogP contribution in [0.4, 0.5) is 0 Å². The van der Waals surface area contributed by atoms with Crippen LogP contribution >= 0.6 is 11.8 Å². The number of benzene rings is 1. The van der Waals surface area contributed by atoms with Gasteiger partial charge in [0.25, 0.3) is 0 Å². The minimum atomic E-state index is 0.603. The summed E-state index contributed by atoms with van der Waals surface area (Å²) in [5.41, 5.74) is 1.22. The van der Waals surface area contributed by atoms with Gasteiger partial charge in [-0.25, -0.2) is 0 Å². The zero-order valence-corrected chi connectivity index (χ0v) is 14.8. The molecule has 0 fully saturated rings. The second kappa shape index (κ2) is 8.10. The fourth-order valence-corrected chi connectivity index (χ4v) is 3.15. The quantitative estimate of drug-likeness (QED) is 0.581. The van der Waals surface area contributed by atoms with Gasteiger partial charge in [0, 0.05) is 6.42 Å². The molecule has 0 saturated carbocycles. The molecule has 1 aromatic carbocycles. The summed E-state index contributed by atoms with van der Waals surface area (Å²) in [6.45, 7) is 4.88. The molecule has 0 aliphatic rings. The van der Waals surface area contributed by atoms with E-state index >= 15 is 0 Å². The van der Waals surface area contributed by atoms with E-state index in [9.17, 15) is 0 Å². The normalized spacial score (nSPS) is 11.1. The molecule has 0 amide bonds. The molecule has 0 N–H and O–H groups in total. The molecule has 0 bridgehead atoms. The summed E-state index contributed by atoms with van der Waals surface area (Å²) in [7, 11) is 0. The molecule has 0 unspecified atom stereocenters. The highest BCUT2D eigenvalue weighted by Crippen LogP contribution is 2.22. The lowest BCUT2D eigenvalue weighted by atomic mass is 10.2. The SMILES string of the molecule is CCCCc1noc(CSc2nnc(C)n2Cc2ccccc2)n1. The Morgan fingerprint density at radius 3 is 2.79 bits per heavy atom. The predicted octanol–water partition coefficient (Wildman–Crippen LogP) is 3.65. The maximum atomic E-state index is 5.31. The zero-order chi connectivity index (χ0) is 16.8. The monoisotopic (exact) mass is 343 g/mol. The lowest BCUT2D eigenvalue weighted by Gasteiger charge is -2.07. The molecule has 6 nitrogen and oxygen atoms in total. The molecular formula is C17H21N5OS. The molecule has 126 valence electrons. The van der Waals surface area contributed by atoms with Gasteiger partial charge in [-0.15, -0.1) is 10.2 Å². The zero-order valence-electron chi connectivity index (χ0n) is 14.0. The standard InChI is InChI=1S/C17H21N5OS/c1-3-4-10-15-18-16(23-21-15)12-24-17-20-19-13(2)22(17)11-14-8-6-5-7-9-14/h5-9H,3-4,10-12H2,1-2H3. The molecule has 3 aromatic rings. The van der Waals surface area contributed by atoms with Gasteiger partial charge < -0.3 is 9.09 Å². The summed E-state index contributed by atoms with van der Waals surface area (Å²) >= 11 is 1.57. The number of hydrogen-bond acceptors (Lipinski definition) is 6. The molecule has 3 rings (SSSR count). The third kappa shape index (κ3) is 4.23. The summed E-state index contributed by atoms with van der Waals surface area (Å²) in [4.78, 5) is 4.43. The number of aromatic nitrogens is 5. The fraction of sp³-hybridized carbons (Fsp3) is 0.412. The third-order valence-corrected chi connectivity index (χ3v) is 4.63. The lowest BCUT2D eigenvalue weighted by Crippen LogP contribution is -2.03. The first-order valence-corrected chi connectivity index (χ1v) is 9.13. The van der Waals surface area contributed by atoms with E-state index in [0.29, 0.717) is 11.6 Å². The summed E-state index contributed by atoms with van der Waals surface area (Å²) in [6.07, 6.45) is 3.07. The van der Waals surface area contributed by atoms with Gasteiger partial charge in [-0.3, -0.25) is 0 Å². The van der Waals surface area contributed by atoms with E-state index in [2.05, 4.69) is 44.0 Å². The van der Waals surface area contributed by atoms with E-state index in [4.69, 9.17) is 4.52 Å². The maximum Gasteiger partial charge on any atom is 0.237 e. The minimum Gasteiger partial charge on any atom is -0.338 e. The van der Waals surface area contributed by atoms with Gasteiger partial charge in [0.15, 0.2) is 11.0 Å². The number of nitrogens with zero attached hydrogens (tertiary/aromatic N) is 5. The van der Waals surface area contributed by atoms with Crippen LogP contribution in [-0.4, -0.2) is 24.9 Å². The smallest absolute Gasteiger partial charge is 0.237 e. The van der Waals surface area contributed by atoms with Gasteiger partial charge in [0.1, 0.15) is 5.82 Å². The number of thioether (sulfide) groups is 1. The number of unbranched alkanes of at least 4 members (excludes halogenated alkanes) is 1. The van der Waals surface area contributed by atoms with Gasteiger partial charge in [-0.2, -0.15) is 4.98 Å². The van der Waals surface area contributed by atoms with Crippen molar-refractivity contribution in [1.82, 2.24) is 24.9 Å². The molecule has 24 heavy (non-hydrogen) atoms. The van der Waals surface area contributed by atoms with Crippen LogP contribution in [-0.2, 0) is 18.7 Å². The van der Waals surface area contributed by atoms with E-state index in [1.807, 2.05) is 25.1 Å².